The van der Waals surface area contributed by atoms with Crippen LogP contribution in [0.4, 0.5) is 13.2 Å². The number of aryl methyl sites for hydroxylation is 1. The van der Waals surface area contributed by atoms with Crippen LogP contribution in [-0.4, -0.2) is 9.97 Å². The van der Waals surface area contributed by atoms with Gasteiger partial charge in [-0.1, -0.05) is 66.2 Å². The summed E-state index contributed by atoms with van der Waals surface area (Å²) in [5, 5.41) is 19.9. The second kappa shape index (κ2) is 10.7. The normalized spacial score (nSPS) is 14.4. The Morgan fingerprint density at radius 1 is 0.596 bits per heavy atom. The van der Waals surface area contributed by atoms with E-state index in [-0.39, 0.29) is 11.4 Å². The number of alkyl halides is 3. The second-order valence-corrected chi connectivity index (χ2v) is 11.0. The summed E-state index contributed by atoms with van der Waals surface area (Å²) in [7, 11) is 0. The highest BCUT2D eigenvalue weighted by Gasteiger charge is 2.36. The first kappa shape index (κ1) is 28.9. The van der Waals surface area contributed by atoms with Crippen molar-refractivity contribution in [3.63, 3.8) is 0 Å². The summed E-state index contributed by atoms with van der Waals surface area (Å²) < 4.78 is 39.6. The minimum Gasteiger partial charge on any atom is -0.245 e. The van der Waals surface area contributed by atoms with Crippen molar-refractivity contribution < 1.29 is 13.2 Å². The zero-order valence-electron chi connectivity index (χ0n) is 24.4. The van der Waals surface area contributed by atoms with Gasteiger partial charge in [-0.3, -0.25) is 0 Å². The predicted molar refractivity (Wildman–Crippen MR) is 170 cm³/mol. The molecule has 4 aromatic carbocycles. The molecule has 6 nitrogen and oxygen atoms in total. The summed E-state index contributed by atoms with van der Waals surface area (Å²) in [4.78, 5) is 16.9. The lowest BCUT2D eigenvalue weighted by Crippen LogP contribution is -2.03. The van der Waals surface area contributed by atoms with Gasteiger partial charge in [-0.05, 0) is 64.6 Å². The van der Waals surface area contributed by atoms with Gasteiger partial charge in [0.25, 0.3) is 11.4 Å². The van der Waals surface area contributed by atoms with Crippen LogP contribution < -0.4 is 0 Å². The van der Waals surface area contributed by atoms with Gasteiger partial charge in [-0.25, -0.2) is 30.2 Å². The molecular formula is C38H17F3N6. The fourth-order valence-corrected chi connectivity index (χ4v) is 6.04. The quantitative estimate of drug-likeness (QED) is 0.143. The number of nitriles is 2. The van der Waals surface area contributed by atoms with Crippen LogP contribution in [0, 0.1) is 42.7 Å². The highest BCUT2D eigenvalue weighted by molar-refractivity contribution is 6.07. The predicted octanol–water partition coefficient (Wildman–Crippen LogP) is 9.50. The maximum Gasteiger partial charge on any atom is 0.416 e. The molecular weight excluding hydrogens is 597 g/mol. The van der Waals surface area contributed by atoms with Crippen molar-refractivity contribution in [3.05, 3.63) is 153 Å². The Balaban J connectivity index is 1.48. The van der Waals surface area contributed by atoms with Gasteiger partial charge in [0.1, 0.15) is 0 Å². The Morgan fingerprint density at radius 2 is 1.00 bits per heavy atom. The Bertz CT molecular complexity index is 2390. The minimum absolute atomic E-state index is 0.159. The third-order valence-corrected chi connectivity index (χ3v) is 8.30. The van der Waals surface area contributed by atoms with Crippen molar-refractivity contribution in [3.8, 4) is 56.9 Å². The first-order valence-electron chi connectivity index (χ1n) is 14.2. The minimum atomic E-state index is -4.48. The first-order chi connectivity index (χ1) is 22.7. The Hall–Kier alpha value is -6.81. The number of allylic oxidation sites excluding steroid dienone is 2. The number of aromatic nitrogens is 2. The van der Waals surface area contributed by atoms with Gasteiger partial charge in [-0.15, -0.1) is 0 Å². The monoisotopic (exact) mass is 614 g/mol. The largest absolute Gasteiger partial charge is 0.416 e. The number of rotatable bonds is 2. The highest BCUT2D eigenvalue weighted by atomic mass is 19.4. The molecule has 0 saturated carbocycles. The molecule has 0 aliphatic heterocycles. The number of hydrogen-bond donors (Lipinski definition) is 0. The molecule has 0 fully saturated rings. The van der Waals surface area contributed by atoms with E-state index >= 15 is 0 Å². The van der Waals surface area contributed by atoms with Crippen LogP contribution in [0.25, 0.3) is 65.6 Å². The molecule has 2 aliphatic rings. The summed E-state index contributed by atoms with van der Waals surface area (Å²) in [6.45, 7) is 17.5. The van der Waals surface area contributed by atoms with E-state index in [2.05, 4.69) is 9.69 Å². The zero-order valence-corrected chi connectivity index (χ0v) is 24.4. The molecule has 1 aromatic heterocycles. The van der Waals surface area contributed by atoms with Gasteiger partial charge < -0.3 is 0 Å². The van der Waals surface area contributed by atoms with Crippen molar-refractivity contribution in [2.45, 2.75) is 13.1 Å². The van der Waals surface area contributed by atoms with E-state index in [4.69, 9.17) is 23.1 Å². The van der Waals surface area contributed by atoms with Crippen LogP contribution in [0.5, 0.6) is 0 Å². The smallest absolute Gasteiger partial charge is 0.245 e. The van der Waals surface area contributed by atoms with E-state index in [1.54, 1.807) is 18.2 Å². The topological polar surface area (TPSA) is 82.1 Å². The lowest BCUT2D eigenvalue weighted by Gasteiger charge is -2.09. The highest BCUT2D eigenvalue weighted by Crippen LogP contribution is 2.51. The molecule has 0 N–H and O–H groups in total. The Kier molecular flexibility index (Phi) is 6.57. The third-order valence-electron chi connectivity index (χ3n) is 8.30. The van der Waals surface area contributed by atoms with Gasteiger partial charge in [0.05, 0.1) is 53.6 Å². The molecule has 0 amide bonds. The van der Waals surface area contributed by atoms with Crippen molar-refractivity contribution >= 4 is 11.1 Å². The maximum absolute atomic E-state index is 13.2. The van der Waals surface area contributed by atoms with Gasteiger partial charge in [-0.2, -0.15) is 13.2 Å². The number of hydrogen-bond acceptors (Lipinski definition) is 4. The van der Waals surface area contributed by atoms with Crippen LogP contribution in [0.1, 0.15) is 33.6 Å². The number of halogens is 3. The molecule has 1 heterocycles. The number of benzene rings is 4. The lowest BCUT2D eigenvalue weighted by molar-refractivity contribution is -0.137. The third kappa shape index (κ3) is 4.55. The van der Waals surface area contributed by atoms with Crippen molar-refractivity contribution in [1.82, 2.24) is 9.97 Å². The van der Waals surface area contributed by atoms with E-state index in [0.717, 1.165) is 28.8 Å². The Labute approximate surface area is 267 Å². The molecule has 0 radical (unpaired) electrons. The molecule has 220 valence electrons. The van der Waals surface area contributed by atoms with Crippen LogP contribution in [0.3, 0.4) is 0 Å². The molecule has 0 bridgehead atoms. The van der Waals surface area contributed by atoms with Crippen molar-refractivity contribution in [2.75, 3.05) is 0 Å². The van der Waals surface area contributed by atoms with Gasteiger partial charge in [0.15, 0.2) is 0 Å². The molecule has 9 heteroatoms. The molecule has 2 aliphatic carbocycles. The van der Waals surface area contributed by atoms with E-state index in [9.17, 15) is 23.7 Å². The molecule has 0 spiro atoms. The van der Waals surface area contributed by atoms with E-state index in [1.807, 2.05) is 61.5 Å². The summed E-state index contributed by atoms with van der Waals surface area (Å²) >= 11 is 0. The van der Waals surface area contributed by atoms with Crippen LogP contribution >= 0.6 is 0 Å². The van der Waals surface area contributed by atoms with E-state index in [1.165, 1.54) is 12.1 Å². The van der Waals surface area contributed by atoms with Gasteiger partial charge in [0.2, 0.25) is 0 Å². The SMILES string of the molecule is [C-]#[N+]/C(C#N)=C1/c2ccc(-c3ccc(C(F)(F)F)cc3)cc2-c2nc3c(nc21)-c1cc(-c2ccc(C)cc2)ccc1/C3=C(/C#N)[N+]#[C-]. The van der Waals surface area contributed by atoms with Crippen molar-refractivity contribution in [1.29, 1.82) is 10.5 Å². The standard InChI is InChI=1S/C38H17F3N6/c1-20-4-6-21(7-5-20)23-10-14-26-28(16-23)34-36(32(26)30(18-42)44-2)47-35-29-17-24(22-8-12-25(13-9-22)38(39,40)41)11-15-27(29)33(37(35)46-34)31(19-43)45-3/h4-17H,1H3/b32-30+,33-31-. The van der Waals surface area contributed by atoms with Gasteiger partial charge >= 0.3 is 6.18 Å². The summed E-state index contributed by atoms with van der Waals surface area (Å²) in [5.41, 5.74) is 7.26. The maximum atomic E-state index is 13.2. The molecule has 7 rings (SSSR count). The average Bonchev–Trinajstić information content (AvgIpc) is 3.56. The number of nitrogens with zero attached hydrogens (tertiary/aromatic N) is 6. The van der Waals surface area contributed by atoms with Crippen LogP contribution in [0.2, 0.25) is 0 Å². The fraction of sp³-hybridized carbons (Fsp3) is 0.0526. The zero-order chi connectivity index (χ0) is 33.0. The molecule has 0 saturated heterocycles. The van der Waals surface area contributed by atoms with Crippen molar-refractivity contribution in [2.24, 2.45) is 0 Å². The van der Waals surface area contributed by atoms with E-state index < -0.39 is 11.7 Å². The molecule has 47 heavy (non-hydrogen) atoms. The van der Waals surface area contributed by atoms with E-state index in [0.29, 0.717) is 67.3 Å². The summed E-state index contributed by atoms with van der Waals surface area (Å²) in [6, 6.07) is 27.6. The molecule has 5 aromatic rings. The summed E-state index contributed by atoms with van der Waals surface area (Å²) in [5.74, 6) is 0. The first-order valence-corrected chi connectivity index (χ1v) is 14.2. The molecule has 0 unspecified atom stereocenters. The molecule has 0 atom stereocenters. The van der Waals surface area contributed by atoms with Crippen LogP contribution in [-0.2, 0) is 6.18 Å². The average molecular weight is 615 g/mol. The second-order valence-electron chi connectivity index (χ2n) is 11.0. The number of fused-ring (bicyclic) bond motifs is 6. The van der Waals surface area contributed by atoms with Crippen LogP contribution in [0.15, 0.2) is 96.3 Å². The summed E-state index contributed by atoms with van der Waals surface area (Å²) in [6.07, 6.45) is -4.48. The fourth-order valence-electron chi connectivity index (χ4n) is 6.04. The lowest BCUT2D eigenvalue weighted by atomic mass is 9.97. The van der Waals surface area contributed by atoms with Gasteiger partial charge in [0, 0.05) is 22.3 Å². The Morgan fingerprint density at radius 3 is 1.38 bits per heavy atom.